The molecule has 0 aliphatic rings. The van der Waals surface area contributed by atoms with Gasteiger partial charge in [-0.2, -0.15) is 0 Å². The van der Waals surface area contributed by atoms with Gasteiger partial charge in [0.1, 0.15) is 11.9 Å². The molecule has 0 spiro atoms. The van der Waals surface area contributed by atoms with E-state index in [1.54, 1.807) is 0 Å². The van der Waals surface area contributed by atoms with Crippen molar-refractivity contribution in [3.05, 3.63) is 65.2 Å². The fraction of sp³-hybridized carbons (Fsp3) is 0.143. The normalized spacial score (nSPS) is 12.1. The Labute approximate surface area is 101 Å². The molecular formula is C14H12ClO. The first-order chi connectivity index (χ1) is 7.75. The SMILES string of the molecule is CC(Oc1cc[c]cc1)c1cccc(Cl)c1. The molecule has 2 heteroatoms. The van der Waals surface area contributed by atoms with Gasteiger partial charge in [0.2, 0.25) is 0 Å². The van der Waals surface area contributed by atoms with Crippen LogP contribution >= 0.6 is 11.6 Å². The highest BCUT2D eigenvalue weighted by atomic mass is 35.5. The van der Waals surface area contributed by atoms with Crippen molar-refractivity contribution < 1.29 is 4.74 Å². The zero-order valence-corrected chi connectivity index (χ0v) is 9.74. The van der Waals surface area contributed by atoms with Crippen LogP contribution in [0.3, 0.4) is 0 Å². The summed E-state index contributed by atoms with van der Waals surface area (Å²) in [4.78, 5) is 0. The molecule has 0 fully saturated rings. The molecule has 81 valence electrons. The van der Waals surface area contributed by atoms with Crippen LogP contribution in [0, 0.1) is 6.07 Å². The third-order valence-corrected chi connectivity index (χ3v) is 2.55. The summed E-state index contributed by atoms with van der Waals surface area (Å²) in [7, 11) is 0. The summed E-state index contributed by atoms with van der Waals surface area (Å²) in [5.41, 5.74) is 1.07. The zero-order chi connectivity index (χ0) is 11.4. The van der Waals surface area contributed by atoms with Gasteiger partial charge >= 0.3 is 0 Å². The zero-order valence-electron chi connectivity index (χ0n) is 8.98. The van der Waals surface area contributed by atoms with Gasteiger partial charge in [-0.3, -0.25) is 0 Å². The Kier molecular flexibility index (Phi) is 3.47. The monoisotopic (exact) mass is 231 g/mol. The third kappa shape index (κ3) is 2.77. The average Bonchev–Trinajstić information content (AvgIpc) is 2.30. The second-order valence-corrected chi connectivity index (χ2v) is 3.99. The molecule has 16 heavy (non-hydrogen) atoms. The van der Waals surface area contributed by atoms with Gasteiger partial charge in [0.25, 0.3) is 0 Å². The Morgan fingerprint density at radius 1 is 1.19 bits per heavy atom. The van der Waals surface area contributed by atoms with E-state index in [2.05, 4.69) is 6.07 Å². The standard InChI is InChI=1S/C14H12ClO/c1-11(12-6-5-7-13(15)10-12)16-14-8-3-2-4-9-14/h3-11H,1H3. The molecule has 0 saturated heterocycles. The molecule has 0 amide bonds. The van der Waals surface area contributed by atoms with E-state index >= 15 is 0 Å². The predicted molar refractivity (Wildman–Crippen MR) is 65.8 cm³/mol. The van der Waals surface area contributed by atoms with E-state index in [4.69, 9.17) is 16.3 Å². The second kappa shape index (κ2) is 5.04. The van der Waals surface area contributed by atoms with Crippen LogP contribution < -0.4 is 4.74 Å². The summed E-state index contributed by atoms with van der Waals surface area (Å²) in [5.74, 6) is 0.839. The molecule has 0 aliphatic heterocycles. The molecule has 1 atom stereocenters. The van der Waals surface area contributed by atoms with Crippen LogP contribution in [0.2, 0.25) is 5.02 Å². The van der Waals surface area contributed by atoms with Gasteiger partial charge in [-0.1, -0.05) is 35.9 Å². The number of rotatable bonds is 3. The fourth-order valence-electron chi connectivity index (χ4n) is 1.48. The van der Waals surface area contributed by atoms with E-state index in [1.807, 2.05) is 55.5 Å². The van der Waals surface area contributed by atoms with Crippen molar-refractivity contribution in [2.45, 2.75) is 13.0 Å². The summed E-state index contributed by atoms with van der Waals surface area (Å²) in [6.45, 7) is 2.00. The largest absolute Gasteiger partial charge is 0.486 e. The van der Waals surface area contributed by atoms with E-state index in [0.29, 0.717) is 0 Å². The average molecular weight is 232 g/mol. The van der Waals surface area contributed by atoms with Gasteiger partial charge in [0.15, 0.2) is 0 Å². The van der Waals surface area contributed by atoms with Crippen molar-refractivity contribution >= 4 is 11.6 Å². The Hall–Kier alpha value is -1.47. The minimum atomic E-state index is -0.0129. The van der Waals surface area contributed by atoms with Gasteiger partial charge < -0.3 is 4.74 Å². The van der Waals surface area contributed by atoms with Crippen LogP contribution in [-0.2, 0) is 0 Å². The van der Waals surface area contributed by atoms with Crippen molar-refractivity contribution in [3.8, 4) is 5.75 Å². The molecular weight excluding hydrogens is 220 g/mol. The molecule has 0 aliphatic carbocycles. The van der Waals surface area contributed by atoms with E-state index in [1.165, 1.54) is 0 Å². The maximum absolute atomic E-state index is 5.93. The summed E-state index contributed by atoms with van der Waals surface area (Å²) in [5, 5.41) is 0.731. The Bertz CT molecular complexity index is 453. The summed E-state index contributed by atoms with van der Waals surface area (Å²) in [6.07, 6.45) is -0.0129. The molecule has 0 N–H and O–H groups in total. The Morgan fingerprint density at radius 3 is 2.62 bits per heavy atom. The lowest BCUT2D eigenvalue weighted by molar-refractivity contribution is 0.227. The Balaban J connectivity index is 2.12. The number of benzene rings is 2. The first-order valence-electron chi connectivity index (χ1n) is 5.14. The molecule has 1 nitrogen and oxygen atoms in total. The van der Waals surface area contributed by atoms with Crippen LogP contribution in [0.4, 0.5) is 0 Å². The summed E-state index contributed by atoms with van der Waals surface area (Å²) >= 11 is 5.93. The fourth-order valence-corrected chi connectivity index (χ4v) is 1.68. The van der Waals surface area contributed by atoms with Gasteiger partial charge in [-0.05, 0) is 42.8 Å². The number of ether oxygens (including phenoxy) is 1. The van der Waals surface area contributed by atoms with Crippen molar-refractivity contribution in [1.82, 2.24) is 0 Å². The number of hydrogen-bond acceptors (Lipinski definition) is 1. The summed E-state index contributed by atoms with van der Waals surface area (Å²) < 4.78 is 5.78. The highest BCUT2D eigenvalue weighted by molar-refractivity contribution is 6.30. The van der Waals surface area contributed by atoms with Crippen LogP contribution in [-0.4, -0.2) is 0 Å². The highest BCUT2D eigenvalue weighted by Crippen LogP contribution is 2.23. The van der Waals surface area contributed by atoms with Crippen LogP contribution in [0.5, 0.6) is 5.75 Å². The van der Waals surface area contributed by atoms with Crippen molar-refractivity contribution in [3.63, 3.8) is 0 Å². The molecule has 2 rings (SSSR count). The van der Waals surface area contributed by atoms with E-state index in [0.717, 1.165) is 16.3 Å². The minimum Gasteiger partial charge on any atom is -0.486 e. The van der Waals surface area contributed by atoms with Crippen LogP contribution in [0.25, 0.3) is 0 Å². The third-order valence-electron chi connectivity index (χ3n) is 2.32. The van der Waals surface area contributed by atoms with E-state index < -0.39 is 0 Å². The maximum atomic E-state index is 5.93. The number of halogens is 1. The van der Waals surface area contributed by atoms with E-state index in [-0.39, 0.29) is 6.10 Å². The van der Waals surface area contributed by atoms with Gasteiger partial charge in [-0.25, -0.2) is 0 Å². The molecule has 2 aromatic rings. The van der Waals surface area contributed by atoms with Gasteiger partial charge in [-0.15, -0.1) is 0 Å². The lowest BCUT2D eigenvalue weighted by Gasteiger charge is -2.15. The molecule has 0 bridgehead atoms. The minimum absolute atomic E-state index is 0.0129. The molecule has 1 radical (unpaired) electrons. The molecule has 0 aromatic heterocycles. The first kappa shape index (κ1) is 11.0. The number of hydrogen-bond donors (Lipinski definition) is 0. The second-order valence-electron chi connectivity index (χ2n) is 3.55. The van der Waals surface area contributed by atoms with Crippen molar-refractivity contribution in [2.24, 2.45) is 0 Å². The van der Waals surface area contributed by atoms with Crippen LogP contribution in [0.15, 0.2) is 48.5 Å². The molecule has 1 unspecified atom stereocenters. The van der Waals surface area contributed by atoms with Crippen molar-refractivity contribution in [1.29, 1.82) is 0 Å². The summed E-state index contributed by atoms with van der Waals surface area (Å²) in [6, 6.07) is 18.1. The predicted octanol–water partition coefficient (Wildman–Crippen LogP) is 4.28. The van der Waals surface area contributed by atoms with Crippen LogP contribution in [0.1, 0.15) is 18.6 Å². The van der Waals surface area contributed by atoms with Crippen molar-refractivity contribution in [2.75, 3.05) is 0 Å². The quantitative estimate of drug-likeness (QED) is 0.766. The highest BCUT2D eigenvalue weighted by Gasteiger charge is 2.06. The lowest BCUT2D eigenvalue weighted by Crippen LogP contribution is -2.02. The topological polar surface area (TPSA) is 9.23 Å². The van der Waals surface area contributed by atoms with E-state index in [9.17, 15) is 0 Å². The Morgan fingerprint density at radius 2 is 1.94 bits per heavy atom. The molecule has 0 heterocycles. The maximum Gasteiger partial charge on any atom is 0.121 e. The first-order valence-corrected chi connectivity index (χ1v) is 5.52. The van der Waals surface area contributed by atoms with Gasteiger partial charge in [0.05, 0.1) is 0 Å². The molecule has 2 aromatic carbocycles. The smallest absolute Gasteiger partial charge is 0.121 e. The molecule has 0 saturated carbocycles. The lowest BCUT2D eigenvalue weighted by atomic mass is 10.1. The van der Waals surface area contributed by atoms with Gasteiger partial charge in [0, 0.05) is 5.02 Å².